The lowest BCUT2D eigenvalue weighted by atomic mass is 9.85. The highest BCUT2D eigenvalue weighted by molar-refractivity contribution is 6.75. The van der Waals surface area contributed by atoms with Gasteiger partial charge < -0.3 is 13.3 Å². The van der Waals surface area contributed by atoms with E-state index in [4.69, 9.17) is 13.3 Å². The molecule has 0 aliphatic carbocycles. The van der Waals surface area contributed by atoms with E-state index in [1.165, 1.54) is 16.7 Å². The highest BCUT2D eigenvalue weighted by Crippen LogP contribution is 2.46. The van der Waals surface area contributed by atoms with Crippen LogP contribution >= 0.6 is 0 Å². The van der Waals surface area contributed by atoms with E-state index in [1.54, 1.807) is 0 Å². The lowest BCUT2D eigenvalue weighted by molar-refractivity contribution is 0.458. The Hall–Kier alpha value is -2.07. The minimum atomic E-state index is -2.03. The summed E-state index contributed by atoms with van der Waals surface area (Å²) in [7, 11) is -5.10. The van der Waals surface area contributed by atoms with Crippen LogP contribution in [0.25, 0.3) is 0 Å². The summed E-state index contributed by atoms with van der Waals surface area (Å²) in [6, 6.07) is 26.4. The predicted molar refractivity (Wildman–Crippen MR) is 217 cm³/mol. The van der Waals surface area contributed by atoms with Crippen molar-refractivity contribution in [3.8, 4) is 17.2 Å². The number of rotatable bonds is 12. The van der Waals surface area contributed by atoms with Gasteiger partial charge in [0.2, 0.25) is 25.0 Å². The molecule has 0 aliphatic rings. The normalized spacial score (nSPS) is 13.9. The highest BCUT2D eigenvalue weighted by atomic mass is 28.4. The van der Waals surface area contributed by atoms with Gasteiger partial charge in [0.25, 0.3) is 0 Å². The molecule has 0 saturated heterocycles. The summed E-state index contributed by atoms with van der Waals surface area (Å²) in [4.78, 5) is 0. The predicted octanol–water partition coefficient (Wildman–Crippen LogP) is 11.4. The van der Waals surface area contributed by atoms with Crippen molar-refractivity contribution in [2.24, 2.45) is 0 Å². The maximum Gasteiger partial charge on any atom is 0.250 e. The second-order valence-corrected chi connectivity index (χ2v) is 35.0. The zero-order valence-electron chi connectivity index (χ0n) is 32.8. The SMILES string of the molecule is CC(C)(C)[Si](C)(C)Oc1ccccc1CC([SiH3])(Cc1ccccc1O[Si](C)(C)C(C)(C)C)Cc1ccccc1O[Si](C)(C)C(C)(C)C. The van der Waals surface area contributed by atoms with Gasteiger partial charge in [0.1, 0.15) is 17.2 Å². The first-order valence-electron chi connectivity index (χ1n) is 17.6. The molecule has 0 amide bonds. The molecule has 260 valence electrons. The first-order valence-corrected chi connectivity index (χ1v) is 27.3. The van der Waals surface area contributed by atoms with E-state index in [9.17, 15) is 0 Å². The molecule has 0 aliphatic heterocycles. The average molecular weight is 707 g/mol. The summed E-state index contributed by atoms with van der Waals surface area (Å²) in [6.07, 6.45) is 2.81. The van der Waals surface area contributed by atoms with Crippen LogP contribution in [-0.4, -0.2) is 35.2 Å². The van der Waals surface area contributed by atoms with Crippen molar-refractivity contribution in [1.82, 2.24) is 0 Å². The lowest BCUT2D eigenvalue weighted by Crippen LogP contribution is -2.44. The van der Waals surface area contributed by atoms with Crippen LogP contribution in [0.15, 0.2) is 72.8 Å². The number of para-hydroxylation sites is 3. The van der Waals surface area contributed by atoms with Gasteiger partial charge in [0.05, 0.1) is 0 Å². The van der Waals surface area contributed by atoms with E-state index in [1.807, 2.05) is 0 Å². The standard InChI is InChI=1S/C40H66O3Si4/c1-37(2,3)45(10,11)41-34-25-19-16-22-31(34)28-40(44,29-32-23-17-20-26-35(32)42-46(12,13)38(4,5)6)30-33-24-18-21-27-36(33)43-47(14,15)39(7,8)9/h16-27H,28-30H2,1-15,44H3. The van der Waals surface area contributed by atoms with E-state index in [0.29, 0.717) is 0 Å². The molecule has 3 aromatic carbocycles. The van der Waals surface area contributed by atoms with Gasteiger partial charge in [-0.3, -0.25) is 0 Å². The summed E-state index contributed by atoms with van der Waals surface area (Å²) in [5.74, 6) is 3.16. The van der Waals surface area contributed by atoms with Gasteiger partial charge >= 0.3 is 0 Å². The fourth-order valence-corrected chi connectivity index (χ4v) is 9.41. The summed E-state index contributed by atoms with van der Waals surface area (Å²) >= 11 is 0. The van der Waals surface area contributed by atoms with Gasteiger partial charge in [-0.15, -0.1) is 0 Å². The van der Waals surface area contributed by atoms with Crippen molar-refractivity contribution in [1.29, 1.82) is 0 Å². The average Bonchev–Trinajstić information content (AvgIpc) is 2.90. The molecule has 3 nitrogen and oxygen atoms in total. The van der Waals surface area contributed by atoms with E-state index >= 15 is 0 Å². The summed E-state index contributed by atoms with van der Waals surface area (Å²) < 4.78 is 21.0. The molecule has 0 heterocycles. The van der Waals surface area contributed by atoms with Crippen molar-refractivity contribution < 1.29 is 13.3 Å². The molecule has 0 spiro atoms. The molecule has 7 heteroatoms. The summed E-state index contributed by atoms with van der Waals surface area (Å²) in [6.45, 7) is 34.9. The summed E-state index contributed by atoms with van der Waals surface area (Å²) in [5.41, 5.74) is 3.91. The molecule has 0 bridgehead atoms. The Balaban J connectivity index is 2.14. The number of benzene rings is 3. The third-order valence-electron chi connectivity index (χ3n) is 11.3. The first-order chi connectivity index (χ1) is 21.3. The quantitative estimate of drug-likeness (QED) is 0.176. The smallest absolute Gasteiger partial charge is 0.250 e. The Morgan fingerprint density at radius 3 is 0.851 bits per heavy atom. The lowest BCUT2D eigenvalue weighted by Gasteiger charge is -2.39. The molecule has 0 fully saturated rings. The van der Waals surface area contributed by atoms with Crippen LogP contribution in [0.1, 0.15) is 79.0 Å². The van der Waals surface area contributed by atoms with E-state index in [0.717, 1.165) is 46.8 Å². The fourth-order valence-electron chi connectivity index (χ4n) is 5.10. The third-order valence-corrected chi connectivity index (χ3v) is 25.4. The molecular formula is C40H66O3Si4. The molecule has 3 rings (SSSR count). The van der Waals surface area contributed by atoms with E-state index < -0.39 is 25.0 Å². The second kappa shape index (κ2) is 14.0. The minimum absolute atomic E-state index is 0.00726. The zero-order chi connectivity index (χ0) is 35.7. The van der Waals surface area contributed by atoms with Crippen LogP contribution < -0.4 is 13.3 Å². The molecule has 0 atom stereocenters. The van der Waals surface area contributed by atoms with Crippen LogP contribution in [0.5, 0.6) is 17.2 Å². The third kappa shape index (κ3) is 9.99. The van der Waals surface area contributed by atoms with Crippen molar-refractivity contribution in [3.63, 3.8) is 0 Å². The molecule has 0 saturated carbocycles. The van der Waals surface area contributed by atoms with Crippen molar-refractivity contribution in [3.05, 3.63) is 89.5 Å². The van der Waals surface area contributed by atoms with Gasteiger partial charge in [-0.1, -0.05) is 117 Å². The monoisotopic (exact) mass is 706 g/mol. The van der Waals surface area contributed by atoms with Gasteiger partial charge in [-0.25, -0.2) is 0 Å². The first kappa shape index (κ1) is 39.4. The van der Waals surface area contributed by atoms with Crippen LogP contribution in [0, 0.1) is 0 Å². The van der Waals surface area contributed by atoms with Gasteiger partial charge in [-0.05, 0) is 114 Å². The Morgan fingerprint density at radius 2 is 0.638 bits per heavy atom. The molecular weight excluding hydrogens is 641 g/mol. The van der Waals surface area contributed by atoms with Crippen molar-refractivity contribution in [2.45, 2.75) is 141 Å². The van der Waals surface area contributed by atoms with Gasteiger partial charge in [-0.2, -0.15) is 0 Å². The van der Waals surface area contributed by atoms with E-state index in [-0.39, 0.29) is 20.2 Å². The van der Waals surface area contributed by atoms with Gasteiger partial charge in [0, 0.05) is 10.2 Å². The Kier molecular flexibility index (Phi) is 11.8. The van der Waals surface area contributed by atoms with Crippen molar-refractivity contribution in [2.75, 3.05) is 0 Å². The highest BCUT2D eigenvalue weighted by Gasteiger charge is 2.42. The minimum Gasteiger partial charge on any atom is -0.543 e. The van der Waals surface area contributed by atoms with Crippen LogP contribution in [0.2, 0.25) is 59.4 Å². The second-order valence-electron chi connectivity index (χ2n) is 18.8. The Labute approximate surface area is 295 Å². The van der Waals surface area contributed by atoms with Crippen molar-refractivity contribution >= 4 is 35.2 Å². The largest absolute Gasteiger partial charge is 0.543 e. The van der Waals surface area contributed by atoms with E-state index in [2.05, 4.69) is 174 Å². The van der Waals surface area contributed by atoms with Crippen LogP contribution in [-0.2, 0) is 19.3 Å². The molecule has 0 aromatic heterocycles. The molecule has 0 N–H and O–H groups in total. The molecule has 47 heavy (non-hydrogen) atoms. The summed E-state index contributed by atoms with van der Waals surface area (Å²) in [5, 5.41) is 0.362. The van der Waals surface area contributed by atoms with Crippen LogP contribution in [0.3, 0.4) is 0 Å². The Bertz CT molecular complexity index is 1310. The fraction of sp³-hybridized carbons (Fsp3) is 0.550. The maximum absolute atomic E-state index is 7.01. The topological polar surface area (TPSA) is 27.7 Å². The molecule has 3 aromatic rings. The number of hydrogen-bond acceptors (Lipinski definition) is 3. The van der Waals surface area contributed by atoms with Gasteiger partial charge in [0.15, 0.2) is 0 Å². The molecule has 0 unspecified atom stereocenters. The van der Waals surface area contributed by atoms with Crippen LogP contribution in [0.4, 0.5) is 0 Å². The zero-order valence-corrected chi connectivity index (χ0v) is 37.8. The maximum atomic E-state index is 7.01. The number of hydrogen-bond donors (Lipinski definition) is 0. The molecule has 0 radical (unpaired) electrons. The Morgan fingerprint density at radius 1 is 0.426 bits per heavy atom.